The van der Waals surface area contributed by atoms with Crippen LogP contribution in [0.4, 0.5) is 0 Å². The Kier molecular flexibility index (Phi) is 5.60. The Morgan fingerprint density at radius 2 is 2.25 bits per heavy atom. The van der Waals surface area contributed by atoms with Crippen LogP contribution in [0, 0.1) is 0 Å². The molecule has 0 saturated carbocycles. The number of nitrogens with zero attached hydrogens (tertiary/aromatic N) is 1. The highest BCUT2D eigenvalue weighted by molar-refractivity contribution is 9.11. The molecule has 0 aliphatic rings. The van der Waals surface area contributed by atoms with E-state index in [2.05, 4.69) is 47.1 Å². The summed E-state index contributed by atoms with van der Waals surface area (Å²) >= 11 is 6.73. The van der Waals surface area contributed by atoms with Crippen LogP contribution in [0.5, 0.6) is 5.75 Å². The summed E-state index contributed by atoms with van der Waals surface area (Å²) in [6.45, 7) is 0.510. The molecule has 0 aliphatic carbocycles. The minimum Gasteiger partial charge on any atom is -0.483 e. The molecule has 0 aliphatic heterocycles. The predicted octanol–water partition coefficient (Wildman–Crippen LogP) is 2.67. The van der Waals surface area contributed by atoms with E-state index in [0.717, 1.165) is 14.8 Å². The van der Waals surface area contributed by atoms with Crippen LogP contribution >= 0.6 is 31.9 Å². The Bertz CT molecular complexity index is 573. The maximum atomic E-state index is 11.6. The molecule has 0 unspecified atom stereocenters. The Balaban J connectivity index is 1.72. The van der Waals surface area contributed by atoms with Crippen LogP contribution in [0.3, 0.4) is 0 Å². The summed E-state index contributed by atoms with van der Waals surface area (Å²) in [6, 6.07) is 5.52. The maximum Gasteiger partial charge on any atom is 0.257 e. The average molecular weight is 403 g/mol. The number of benzene rings is 1. The first-order valence-electron chi connectivity index (χ1n) is 5.98. The van der Waals surface area contributed by atoms with Crippen molar-refractivity contribution in [2.45, 2.75) is 6.42 Å². The van der Waals surface area contributed by atoms with E-state index in [4.69, 9.17) is 4.74 Å². The van der Waals surface area contributed by atoms with Crippen LogP contribution in [0.2, 0.25) is 0 Å². The summed E-state index contributed by atoms with van der Waals surface area (Å²) in [7, 11) is 0. The normalized spacial score (nSPS) is 10.3. The van der Waals surface area contributed by atoms with Gasteiger partial charge in [0.2, 0.25) is 0 Å². The van der Waals surface area contributed by atoms with Crippen molar-refractivity contribution in [1.29, 1.82) is 0 Å². The van der Waals surface area contributed by atoms with Gasteiger partial charge in [0.25, 0.3) is 5.91 Å². The van der Waals surface area contributed by atoms with Crippen molar-refractivity contribution in [2.24, 2.45) is 0 Å². The van der Waals surface area contributed by atoms with Crippen LogP contribution in [-0.2, 0) is 11.2 Å². The molecule has 1 aromatic heterocycles. The number of hydrogen-bond acceptors (Lipinski definition) is 3. The van der Waals surface area contributed by atoms with Gasteiger partial charge in [0, 0.05) is 29.8 Å². The summed E-state index contributed by atoms with van der Waals surface area (Å²) in [4.78, 5) is 18.7. The number of carbonyl (C=O) groups is 1. The summed E-state index contributed by atoms with van der Waals surface area (Å²) in [6.07, 6.45) is 4.11. The molecule has 0 atom stereocenters. The zero-order valence-corrected chi connectivity index (χ0v) is 13.7. The van der Waals surface area contributed by atoms with E-state index < -0.39 is 0 Å². The van der Waals surface area contributed by atoms with Gasteiger partial charge >= 0.3 is 0 Å². The molecule has 0 saturated heterocycles. The number of amides is 1. The quantitative estimate of drug-likeness (QED) is 0.780. The molecule has 7 heteroatoms. The largest absolute Gasteiger partial charge is 0.483 e. The number of rotatable bonds is 6. The van der Waals surface area contributed by atoms with E-state index in [1.807, 2.05) is 12.1 Å². The third-order valence-corrected chi connectivity index (χ3v) is 3.60. The van der Waals surface area contributed by atoms with Crippen LogP contribution < -0.4 is 10.1 Å². The molecule has 1 heterocycles. The molecule has 0 spiro atoms. The number of aromatic nitrogens is 2. The van der Waals surface area contributed by atoms with Gasteiger partial charge in [-0.2, -0.15) is 0 Å². The maximum absolute atomic E-state index is 11.6. The Morgan fingerprint density at radius 1 is 1.40 bits per heavy atom. The fraction of sp³-hybridized carbons (Fsp3) is 0.231. The number of ether oxygens (including phenoxy) is 1. The van der Waals surface area contributed by atoms with Crippen molar-refractivity contribution in [2.75, 3.05) is 13.2 Å². The highest BCUT2D eigenvalue weighted by atomic mass is 79.9. The van der Waals surface area contributed by atoms with Crippen molar-refractivity contribution in [3.05, 3.63) is 45.4 Å². The second kappa shape index (κ2) is 7.44. The second-order valence-electron chi connectivity index (χ2n) is 4.00. The van der Waals surface area contributed by atoms with Gasteiger partial charge in [-0.1, -0.05) is 15.9 Å². The fourth-order valence-corrected chi connectivity index (χ4v) is 2.70. The summed E-state index contributed by atoms with van der Waals surface area (Å²) < 4.78 is 7.18. The van der Waals surface area contributed by atoms with E-state index in [9.17, 15) is 4.79 Å². The van der Waals surface area contributed by atoms with E-state index in [1.54, 1.807) is 18.5 Å². The van der Waals surface area contributed by atoms with Gasteiger partial charge in [0.1, 0.15) is 11.6 Å². The molecule has 20 heavy (non-hydrogen) atoms. The summed E-state index contributed by atoms with van der Waals surface area (Å²) in [5.41, 5.74) is 0. The predicted molar refractivity (Wildman–Crippen MR) is 82.6 cm³/mol. The molecular formula is C13H13Br2N3O2. The molecule has 5 nitrogen and oxygen atoms in total. The van der Waals surface area contributed by atoms with Crippen molar-refractivity contribution < 1.29 is 9.53 Å². The molecule has 106 valence electrons. The van der Waals surface area contributed by atoms with E-state index in [0.29, 0.717) is 18.7 Å². The fourth-order valence-electron chi connectivity index (χ4n) is 1.54. The van der Waals surface area contributed by atoms with Crippen LogP contribution in [-0.4, -0.2) is 29.0 Å². The lowest BCUT2D eigenvalue weighted by molar-refractivity contribution is -0.123. The Hall–Kier alpha value is -1.34. The number of nitrogens with one attached hydrogen (secondary N) is 2. The first-order chi connectivity index (χ1) is 9.65. The number of imidazole rings is 1. The molecule has 1 aromatic carbocycles. The van der Waals surface area contributed by atoms with Crippen LogP contribution in [0.1, 0.15) is 5.82 Å². The third-order valence-electron chi connectivity index (χ3n) is 2.49. The molecule has 2 aromatic rings. The third kappa shape index (κ3) is 4.64. The lowest BCUT2D eigenvalue weighted by atomic mass is 10.3. The first kappa shape index (κ1) is 15.1. The smallest absolute Gasteiger partial charge is 0.257 e. The van der Waals surface area contributed by atoms with Gasteiger partial charge in [-0.15, -0.1) is 0 Å². The number of aromatic amines is 1. The minimum absolute atomic E-state index is 0.0155. The average Bonchev–Trinajstić information content (AvgIpc) is 2.91. The van der Waals surface area contributed by atoms with Crippen molar-refractivity contribution in [1.82, 2.24) is 15.3 Å². The Morgan fingerprint density at radius 3 is 2.95 bits per heavy atom. The topological polar surface area (TPSA) is 67.0 Å². The van der Waals surface area contributed by atoms with E-state index in [1.165, 1.54) is 0 Å². The highest BCUT2D eigenvalue weighted by Crippen LogP contribution is 2.27. The molecule has 0 bridgehead atoms. The lowest BCUT2D eigenvalue weighted by Gasteiger charge is -2.08. The first-order valence-corrected chi connectivity index (χ1v) is 7.56. The lowest BCUT2D eigenvalue weighted by Crippen LogP contribution is -2.30. The number of hydrogen-bond donors (Lipinski definition) is 2. The zero-order valence-electron chi connectivity index (χ0n) is 10.5. The monoisotopic (exact) mass is 401 g/mol. The van der Waals surface area contributed by atoms with Gasteiger partial charge in [0.05, 0.1) is 4.47 Å². The Labute approximate surface area is 133 Å². The van der Waals surface area contributed by atoms with Gasteiger partial charge in [-0.25, -0.2) is 4.98 Å². The molecule has 2 N–H and O–H groups in total. The van der Waals surface area contributed by atoms with Crippen LogP contribution in [0.25, 0.3) is 0 Å². The van der Waals surface area contributed by atoms with Gasteiger partial charge in [-0.3, -0.25) is 4.79 Å². The van der Waals surface area contributed by atoms with Crippen molar-refractivity contribution >= 4 is 37.8 Å². The number of halogens is 2. The van der Waals surface area contributed by atoms with Gasteiger partial charge in [0.15, 0.2) is 6.61 Å². The summed E-state index contributed by atoms with van der Waals surface area (Å²) in [5, 5.41) is 2.77. The SMILES string of the molecule is O=C(COc1ccc(Br)cc1Br)NCCc1ncc[nH]1. The van der Waals surface area contributed by atoms with Gasteiger partial charge < -0.3 is 15.0 Å². The van der Waals surface area contributed by atoms with Crippen molar-refractivity contribution in [3.8, 4) is 5.75 Å². The molecule has 0 radical (unpaired) electrons. The molecule has 0 fully saturated rings. The number of carbonyl (C=O) groups excluding carboxylic acids is 1. The van der Waals surface area contributed by atoms with Gasteiger partial charge in [-0.05, 0) is 34.1 Å². The minimum atomic E-state index is -0.161. The van der Waals surface area contributed by atoms with Crippen LogP contribution in [0.15, 0.2) is 39.5 Å². The van der Waals surface area contributed by atoms with Crippen molar-refractivity contribution in [3.63, 3.8) is 0 Å². The second-order valence-corrected chi connectivity index (χ2v) is 5.77. The number of H-pyrrole nitrogens is 1. The highest BCUT2D eigenvalue weighted by Gasteiger charge is 2.06. The molecular weight excluding hydrogens is 390 g/mol. The van der Waals surface area contributed by atoms with E-state index >= 15 is 0 Å². The zero-order chi connectivity index (χ0) is 14.4. The molecule has 1 amide bonds. The summed E-state index contributed by atoms with van der Waals surface area (Å²) in [5.74, 6) is 1.32. The molecule has 2 rings (SSSR count). The standard InChI is InChI=1S/C13H13Br2N3O2/c14-9-1-2-11(10(15)7-9)20-8-13(19)18-4-3-12-16-5-6-17-12/h1-2,5-7H,3-4,8H2,(H,16,17)(H,18,19). The van der Waals surface area contributed by atoms with E-state index in [-0.39, 0.29) is 12.5 Å².